The van der Waals surface area contributed by atoms with Crippen LogP contribution in [0, 0.1) is 0 Å². The van der Waals surface area contributed by atoms with Crippen LogP contribution in [0.3, 0.4) is 0 Å². The molecule has 0 saturated heterocycles. The van der Waals surface area contributed by atoms with Gasteiger partial charge in [0.25, 0.3) is 5.92 Å². The lowest BCUT2D eigenvalue weighted by Gasteiger charge is -2.47. The largest absolute Gasteiger partial charge is 0.465 e. The zero-order chi connectivity index (χ0) is 10.8. The predicted molar refractivity (Wildman–Crippen MR) is 46.6 cm³/mol. The summed E-state index contributed by atoms with van der Waals surface area (Å²) < 4.78 is 25.3. The Bertz CT molecular complexity index is 225. The summed E-state index contributed by atoms with van der Waals surface area (Å²) in [6.45, 7) is 0.524. The van der Waals surface area contributed by atoms with Gasteiger partial charge in [-0.1, -0.05) is 0 Å². The molecule has 0 aromatic rings. The fourth-order valence-electron chi connectivity index (χ4n) is 1.86. The minimum atomic E-state index is -2.71. The molecule has 4 nitrogen and oxygen atoms in total. The zero-order valence-electron chi connectivity index (χ0n) is 7.94. The Hall–Kier alpha value is -0.910. The maximum Gasteiger partial charge on any atom is 0.405 e. The summed E-state index contributed by atoms with van der Waals surface area (Å²) >= 11 is 0. The van der Waals surface area contributed by atoms with Gasteiger partial charge >= 0.3 is 6.09 Å². The third-order valence-corrected chi connectivity index (χ3v) is 2.42. The van der Waals surface area contributed by atoms with Crippen molar-refractivity contribution in [1.82, 2.24) is 10.6 Å². The lowest BCUT2D eigenvalue weighted by atomic mass is 9.71. The highest BCUT2D eigenvalue weighted by molar-refractivity contribution is 5.66. The van der Waals surface area contributed by atoms with Crippen molar-refractivity contribution in [1.29, 1.82) is 0 Å². The number of alkyl halides is 2. The number of hydrogen-bond acceptors (Lipinski definition) is 2. The molecule has 0 spiro atoms. The number of rotatable bonds is 4. The molecule has 6 heteroatoms. The molecule has 1 amide bonds. The van der Waals surface area contributed by atoms with Gasteiger partial charge in [0.1, 0.15) is 0 Å². The first kappa shape index (κ1) is 11.2. The Balaban J connectivity index is 2.50. The molecular weight excluding hydrogens is 194 g/mol. The predicted octanol–water partition coefficient (Wildman–Crippen LogP) is 1.03. The van der Waals surface area contributed by atoms with Gasteiger partial charge in [0.05, 0.1) is 5.54 Å². The van der Waals surface area contributed by atoms with E-state index in [1.54, 1.807) is 7.05 Å². The van der Waals surface area contributed by atoms with Gasteiger partial charge in [-0.3, -0.25) is 0 Å². The van der Waals surface area contributed by atoms with Crippen LogP contribution in [-0.4, -0.2) is 36.3 Å². The van der Waals surface area contributed by atoms with Crippen molar-refractivity contribution in [2.24, 2.45) is 0 Å². The van der Waals surface area contributed by atoms with E-state index in [1.165, 1.54) is 0 Å². The van der Waals surface area contributed by atoms with Gasteiger partial charge in [-0.25, -0.2) is 13.6 Å². The Kier molecular flexibility index (Phi) is 2.94. The minimum absolute atomic E-state index is 0.394. The van der Waals surface area contributed by atoms with E-state index in [-0.39, 0.29) is 0 Å². The number of carboxylic acid groups (broad SMARTS) is 1. The average molecular weight is 208 g/mol. The molecule has 0 atom stereocenters. The molecule has 1 fully saturated rings. The zero-order valence-corrected chi connectivity index (χ0v) is 7.94. The van der Waals surface area contributed by atoms with Crippen molar-refractivity contribution in [2.75, 3.05) is 13.6 Å². The highest BCUT2D eigenvalue weighted by Gasteiger charge is 2.56. The molecule has 1 saturated carbocycles. The lowest BCUT2D eigenvalue weighted by molar-refractivity contribution is -0.133. The van der Waals surface area contributed by atoms with Crippen LogP contribution >= 0.6 is 0 Å². The van der Waals surface area contributed by atoms with Crippen LogP contribution in [0.25, 0.3) is 0 Å². The fourth-order valence-corrected chi connectivity index (χ4v) is 1.86. The van der Waals surface area contributed by atoms with Crippen molar-refractivity contribution in [3.05, 3.63) is 0 Å². The summed E-state index contributed by atoms with van der Waals surface area (Å²) in [5, 5.41) is 13.5. The van der Waals surface area contributed by atoms with Crippen LogP contribution < -0.4 is 10.6 Å². The van der Waals surface area contributed by atoms with Gasteiger partial charge in [0, 0.05) is 12.8 Å². The first-order valence-corrected chi connectivity index (χ1v) is 4.43. The van der Waals surface area contributed by atoms with E-state index < -0.39 is 30.4 Å². The normalized spacial score (nSPS) is 22.5. The van der Waals surface area contributed by atoms with Crippen molar-refractivity contribution in [2.45, 2.75) is 30.7 Å². The van der Waals surface area contributed by atoms with Crippen LogP contribution in [0.4, 0.5) is 13.6 Å². The summed E-state index contributed by atoms with van der Waals surface area (Å²) in [6.07, 6.45) is -1.63. The number of nitrogens with one attached hydrogen (secondary N) is 2. The molecule has 0 bridgehead atoms. The van der Waals surface area contributed by atoms with E-state index >= 15 is 0 Å². The molecule has 0 aromatic heterocycles. The molecule has 0 unspecified atom stereocenters. The SMILES string of the molecule is CNCCC1(NC(=O)O)CC(F)(F)C1. The van der Waals surface area contributed by atoms with Crippen molar-refractivity contribution < 1.29 is 18.7 Å². The van der Waals surface area contributed by atoms with Gasteiger partial charge in [0.2, 0.25) is 0 Å². The molecule has 1 aliphatic carbocycles. The van der Waals surface area contributed by atoms with Crippen molar-refractivity contribution in [3.8, 4) is 0 Å². The van der Waals surface area contributed by atoms with Gasteiger partial charge in [-0.2, -0.15) is 0 Å². The summed E-state index contributed by atoms with van der Waals surface area (Å²) in [5.41, 5.74) is -0.932. The molecule has 1 rings (SSSR count). The Labute approximate surface area is 80.7 Å². The third-order valence-electron chi connectivity index (χ3n) is 2.42. The van der Waals surface area contributed by atoms with E-state index in [1.807, 2.05) is 0 Å². The molecule has 14 heavy (non-hydrogen) atoms. The maximum atomic E-state index is 12.7. The second-order valence-electron chi connectivity index (χ2n) is 3.77. The van der Waals surface area contributed by atoms with Gasteiger partial charge in [-0.15, -0.1) is 0 Å². The Morgan fingerprint density at radius 1 is 1.50 bits per heavy atom. The summed E-state index contributed by atoms with van der Waals surface area (Å²) in [6, 6.07) is 0. The van der Waals surface area contributed by atoms with Gasteiger partial charge in [0.15, 0.2) is 0 Å². The summed E-state index contributed by atoms with van der Waals surface area (Å²) in [7, 11) is 1.70. The van der Waals surface area contributed by atoms with Crippen molar-refractivity contribution in [3.63, 3.8) is 0 Å². The van der Waals surface area contributed by atoms with E-state index in [4.69, 9.17) is 5.11 Å². The quantitative estimate of drug-likeness (QED) is 0.646. The van der Waals surface area contributed by atoms with Crippen LogP contribution in [0.2, 0.25) is 0 Å². The monoisotopic (exact) mass is 208 g/mol. The van der Waals surface area contributed by atoms with E-state index in [9.17, 15) is 13.6 Å². The van der Waals surface area contributed by atoms with Crippen LogP contribution in [0.5, 0.6) is 0 Å². The van der Waals surface area contributed by atoms with Gasteiger partial charge in [-0.05, 0) is 20.0 Å². The van der Waals surface area contributed by atoms with E-state index in [0.29, 0.717) is 13.0 Å². The summed E-state index contributed by atoms with van der Waals surface area (Å²) in [5.74, 6) is -2.71. The molecule has 0 aromatic carbocycles. The second-order valence-corrected chi connectivity index (χ2v) is 3.77. The molecule has 0 radical (unpaired) electrons. The smallest absolute Gasteiger partial charge is 0.405 e. The van der Waals surface area contributed by atoms with Crippen LogP contribution in [0.15, 0.2) is 0 Å². The van der Waals surface area contributed by atoms with Crippen LogP contribution in [-0.2, 0) is 0 Å². The fraction of sp³-hybridized carbons (Fsp3) is 0.875. The molecular formula is C8H14F2N2O2. The van der Waals surface area contributed by atoms with E-state index in [2.05, 4.69) is 10.6 Å². The highest BCUT2D eigenvalue weighted by atomic mass is 19.3. The lowest BCUT2D eigenvalue weighted by Crippen LogP contribution is -2.62. The Morgan fingerprint density at radius 2 is 2.07 bits per heavy atom. The molecule has 82 valence electrons. The van der Waals surface area contributed by atoms with Crippen LogP contribution in [0.1, 0.15) is 19.3 Å². The summed E-state index contributed by atoms with van der Waals surface area (Å²) in [4.78, 5) is 10.4. The standard InChI is InChI=1S/C8H14F2N2O2/c1-11-3-2-7(12-6(13)14)4-8(9,10)5-7/h11-12H,2-5H2,1H3,(H,13,14). The minimum Gasteiger partial charge on any atom is -0.465 e. The first-order valence-electron chi connectivity index (χ1n) is 4.43. The van der Waals surface area contributed by atoms with Crippen molar-refractivity contribution >= 4 is 6.09 Å². The Morgan fingerprint density at radius 3 is 2.43 bits per heavy atom. The number of carbonyl (C=O) groups is 1. The molecule has 0 aliphatic heterocycles. The molecule has 1 aliphatic rings. The number of hydrogen-bond donors (Lipinski definition) is 3. The topological polar surface area (TPSA) is 61.4 Å². The maximum absolute atomic E-state index is 12.7. The molecule has 0 heterocycles. The van der Waals surface area contributed by atoms with Gasteiger partial charge < -0.3 is 15.7 Å². The number of halogens is 2. The van der Waals surface area contributed by atoms with E-state index in [0.717, 1.165) is 0 Å². The second kappa shape index (κ2) is 3.68. The third kappa shape index (κ3) is 2.54. The first-order chi connectivity index (χ1) is 6.39. The highest BCUT2D eigenvalue weighted by Crippen LogP contribution is 2.47. The average Bonchev–Trinajstić information content (AvgIpc) is 1.95. The number of amides is 1. The molecule has 3 N–H and O–H groups in total.